The number of nitrogens with two attached hydrogens (primary N) is 2. The number of thiophene rings is 6. The van der Waals surface area contributed by atoms with Crippen LogP contribution in [0, 0.1) is 27.7 Å². The largest absolute Gasteiger partial charge is 0.323 e. The Morgan fingerprint density at radius 3 is 1.21 bits per heavy atom. The fourth-order valence-corrected chi connectivity index (χ4v) is 13.9. The molecule has 3 aromatic carbocycles. The van der Waals surface area contributed by atoms with E-state index in [1.54, 1.807) is 0 Å². The van der Waals surface area contributed by atoms with Gasteiger partial charge in [-0.25, -0.2) is 0 Å². The van der Waals surface area contributed by atoms with E-state index < -0.39 is 0 Å². The first kappa shape index (κ1) is 25.4. The second-order valence-electron chi connectivity index (χ2n) is 10.8. The van der Waals surface area contributed by atoms with Gasteiger partial charge in [0.15, 0.2) is 0 Å². The molecule has 6 aromatic heterocycles. The molecule has 0 bridgehead atoms. The van der Waals surface area contributed by atoms with E-state index in [2.05, 4.69) is 74.3 Å². The Balaban J connectivity index is 1.33. The van der Waals surface area contributed by atoms with Crippen molar-refractivity contribution >= 4 is 129 Å². The number of benzene rings is 1. The van der Waals surface area contributed by atoms with Crippen LogP contribution in [-0.2, 0) is 0 Å². The Morgan fingerprint density at radius 1 is 0.452 bits per heavy atom. The molecule has 10 heteroatoms. The molecule has 0 amide bonds. The third-order valence-electron chi connectivity index (χ3n) is 8.31. The molecule has 0 aliphatic heterocycles. The van der Waals surface area contributed by atoms with Crippen LogP contribution >= 0.6 is 68.0 Å². The van der Waals surface area contributed by atoms with Gasteiger partial charge in [-0.2, -0.15) is 10.2 Å². The molecule has 9 rings (SSSR count). The van der Waals surface area contributed by atoms with Crippen LogP contribution in [0.4, 0.5) is 0 Å². The van der Waals surface area contributed by atoms with Gasteiger partial charge < -0.3 is 11.7 Å². The SMILES string of the molecule is Cc1cc2sc(-c3cc4/c(=N\N)c5c(C)c6c(c(C)c5c4s3)/c(=N/N)c3cc(-c4cc5sc(C)cc5s4)sc36)cc2s1. The van der Waals surface area contributed by atoms with Gasteiger partial charge in [-0.05, 0) is 75.2 Å². The molecule has 42 heavy (non-hydrogen) atoms. The third-order valence-corrected chi connectivity index (χ3v) is 15.4. The lowest BCUT2D eigenvalue weighted by Gasteiger charge is -2.07. The highest BCUT2D eigenvalue weighted by atomic mass is 32.1. The van der Waals surface area contributed by atoms with E-state index in [1.807, 2.05) is 68.0 Å². The van der Waals surface area contributed by atoms with Crippen LogP contribution in [-0.4, -0.2) is 0 Å². The Kier molecular flexibility index (Phi) is 5.27. The summed E-state index contributed by atoms with van der Waals surface area (Å²) in [5.41, 5.74) is 2.39. The molecule has 0 fully saturated rings. The van der Waals surface area contributed by atoms with Gasteiger partial charge in [0.1, 0.15) is 0 Å². The zero-order valence-electron chi connectivity index (χ0n) is 23.0. The van der Waals surface area contributed by atoms with Gasteiger partial charge in [0.2, 0.25) is 0 Å². The van der Waals surface area contributed by atoms with Crippen molar-refractivity contribution in [3.8, 4) is 19.5 Å². The van der Waals surface area contributed by atoms with Gasteiger partial charge in [-0.3, -0.25) is 0 Å². The van der Waals surface area contributed by atoms with Crippen molar-refractivity contribution in [3.63, 3.8) is 0 Å². The van der Waals surface area contributed by atoms with Crippen LogP contribution in [0.15, 0.2) is 46.6 Å². The number of fused-ring (bicyclic) bond motifs is 8. The zero-order chi connectivity index (χ0) is 28.6. The monoisotopic (exact) mass is 654 g/mol. The quantitative estimate of drug-likeness (QED) is 0.144. The molecule has 4 nitrogen and oxygen atoms in total. The van der Waals surface area contributed by atoms with Gasteiger partial charge in [-0.15, -0.1) is 68.0 Å². The minimum Gasteiger partial charge on any atom is -0.323 e. The van der Waals surface area contributed by atoms with Gasteiger partial charge in [-0.1, -0.05) is 0 Å². The summed E-state index contributed by atoms with van der Waals surface area (Å²) in [6, 6.07) is 13.8. The maximum atomic E-state index is 6.16. The van der Waals surface area contributed by atoms with Crippen molar-refractivity contribution in [2.45, 2.75) is 27.7 Å². The predicted molar refractivity (Wildman–Crippen MR) is 190 cm³/mol. The van der Waals surface area contributed by atoms with Crippen molar-refractivity contribution in [3.05, 3.63) is 68.0 Å². The van der Waals surface area contributed by atoms with E-state index in [0.717, 1.165) is 32.3 Å². The summed E-state index contributed by atoms with van der Waals surface area (Å²) in [6.07, 6.45) is 0. The molecule has 9 aromatic rings. The summed E-state index contributed by atoms with van der Waals surface area (Å²) in [6.45, 7) is 8.76. The Morgan fingerprint density at radius 2 is 0.833 bits per heavy atom. The van der Waals surface area contributed by atoms with E-state index >= 15 is 0 Å². The minimum absolute atomic E-state index is 0.880. The Bertz CT molecular complexity index is 2460. The number of aryl methyl sites for hydroxylation is 4. The summed E-state index contributed by atoms with van der Waals surface area (Å²) in [5.74, 6) is 12.3. The number of hydrogen-bond acceptors (Lipinski definition) is 10. The smallest absolute Gasteiger partial charge is 0.0995 e. The molecule has 4 N–H and O–H groups in total. The van der Waals surface area contributed by atoms with E-state index in [0.29, 0.717) is 0 Å². The Labute approximate surface area is 263 Å². The normalized spacial score (nSPS) is 13.7. The molecule has 0 atom stereocenters. The van der Waals surface area contributed by atoms with Gasteiger partial charge in [0, 0.05) is 89.8 Å². The molecule has 6 heterocycles. The highest BCUT2D eigenvalue weighted by Crippen LogP contribution is 2.48. The number of nitrogens with zero attached hydrogens (tertiary/aromatic N) is 2. The summed E-state index contributed by atoms with van der Waals surface area (Å²) in [4.78, 5) is 7.83. The van der Waals surface area contributed by atoms with Crippen LogP contribution in [0.25, 0.3) is 80.0 Å². The predicted octanol–water partition coefficient (Wildman–Crippen LogP) is 9.97. The molecule has 206 valence electrons. The topological polar surface area (TPSA) is 76.8 Å². The van der Waals surface area contributed by atoms with Crippen LogP contribution in [0.1, 0.15) is 20.9 Å². The minimum atomic E-state index is 0.880. The van der Waals surface area contributed by atoms with Crippen molar-refractivity contribution in [1.29, 1.82) is 0 Å². The van der Waals surface area contributed by atoms with Gasteiger partial charge in [0.25, 0.3) is 0 Å². The maximum Gasteiger partial charge on any atom is 0.0995 e. The highest BCUT2D eigenvalue weighted by molar-refractivity contribution is 7.33. The second kappa shape index (κ2) is 8.72. The Hall–Kier alpha value is -3.12. The van der Waals surface area contributed by atoms with Crippen molar-refractivity contribution in [1.82, 2.24) is 0 Å². The lowest BCUT2D eigenvalue weighted by Crippen LogP contribution is -2.07. The van der Waals surface area contributed by atoms with Crippen LogP contribution in [0.5, 0.6) is 0 Å². The van der Waals surface area contributed by atoms with Crippen LogP contribution < -0.4 is 22.4 Å². The molecule has 0 radical (unpaired) electrons. The maximum absolute atomic E-state index is 6.16. The average molecular weight is 655 g/mol. The standard InChI is InChI=1S/C32H22N4S6/c1-11-5-17-21(37-11)9-23(39-17)19-7-15-29(35-33)25-14(4)28-26(13(3)27(25)31(15)41-19)30(36-34)16-8-20(42-32(16)28)24-10-22-18(40-24)6-12(2)38-22/h5-10H,33-34H2,1-4H3/b35-29+,36-30+. The van der Waals surface area contributed by atoms with E-state index in [9.17, 15) is 0 Å². The summed E-state index contributed by atoms with van der Waals surface area (Å²) in [5, 5.41) is 17.6. The fourth-order valence-electron chi connectivity index (χ4n) is 6.60. The molecule has 0 aliphatic rings. The summed E-state index contributed by atoms with van der Waals surface area (Å²) >= 11 is 11.1. The molecule has 0 unspecified atom stereocenters. The van der Waals surface area contributed by atoms with Crippen molar-refractivity contribution < 1.29 is 0 Å². The number of rotatable bonds is 2. The highest BCUT2D eigenvalue weighted by Gasteiger charge is 2.25. The molecule has 0 saturated heterocycles. The zero-order valence-corrected chi connectivity index (χ0v) is 27.9. The lowest BCUT2D eigenvalue weighted by molar-refractivity contribution is 1.17. The van der Waals surface area contributed by atoms with Gasteiger partial charge >= 0.3 is 0 Å². The number of hydrogen-bond donors (Lipinski definition) is 2. The van der Waals surface area contributed by atoms with E-state index in [-0.39, 0.29) is 0 Å². The van der Waals surface area contributed by atoms with Crippen LogP contribution in [0.3, 0.4) is 0 Å². The molecular weight excluding hydrogens is 633 g/mol. The fraction of sp³-hybridized carbons (Fsp3) is 0.125. The van der Waals surface area contributed by atoms with Crippen molar-refractivity contribution in [2.75, 3.05) is 0 Å². The average Bonchev–Trinajstić information content (AvgIpc) is 3.76. The first-order valence-corrected chi connectivity index (χ1v) is 18.3. The molecular formula is C32H22N4S6. The van der Waals surface area contributed by atoms with E-state index in [1.165, 1.54) is 79.4 Å². The summed E-state index contributed by atoms with van der Waals surface area (Å²) in [7, 11) is 0. The van der Waals surface area contributed by atoms with Crippen LogP contribution in [0.2, 0.25) is 0 Å². The van der Waals surface area contributed by atoms with E-state index in [4.69, 9.17) is 11.7 Å². The first-order valence-electron chi connectivity index (χ1n) is 13.4. The molecule has 0 aliphatic carbocycles. The lowest BCUT2D eigenvalue weighted by atomic mass is 9.98. The first-order chi connectivity index (χ1) is 20.3. The second-order valence-corrected chi connectivity index (χ2v) is 17.7. The molecule has 0 saturated carbocycles. The third kappa shape index (κ3) is 3.25. The van der Waals surface area contributed by atoms with Crippen molar-refractivity contribution in [2.24, 2.45) is 21.9 Å². The summed E-state index contributed by atoms with van der Waals surface area (Å²) < 4.78 is 7.89. The molecule has 0 spiro atoms. The van der Waals surface area contributed by atoms with Gasteiger partial charge in [0.05, 0.1) is 10.7 Å².